The largest absolute Gasteiger partial charge is 0.462 e. The molecule has 0 saturated carbocycles. The zero-order chi connectivity index (χ0) is 15.0. The van der Waals surface area contributed by atoms with Gasteiger partial charge < -0.3 is 4.74 Å². The topological polar surface area (TPSA) is 69.4 Å². The van der Waals surface area contributed by atoms with Crippen molar-refractivity contribution in [1.29, 1.82) is 0 Å². The van der Waals surface area contributed by atoms with Crippen LogP contribution >= 0.6 is 11.3 Å². The number of benzene rings is 2. The molecule has 0 saturated heterocycles. The Hall–Kier alpha value is -2.47. The molecule has 3 aromatic rings. The Labute approximate surface area is 123 Å². The molecule has 0 aliphatic heterocycles. The van der Waals surface area contributed by atoms with E-state index in [1.165, 1.54) is 17.4 Å². The summed E-state index contributed by atoms with van der Waals surface area (Å²) in [7, 11) is 0. The predicted molar refractivity (Wildman–Crippen MR) is 81.9 cm³/mol. The van der Waals surface area contributed by atoms with E-state index in [0.29, 0.717) is 11.5 Å². The van der Waals surface area contributed by atoms with Crippen molar-refractivity contribution < 1.29 is 14.5 Å². The first kappa shape index (κ1) is 13.5. The number of carbonyl (C=O) groups is 1. The average Bonchev–Trinajstić information content (AvgIpc) is 2.91. The van der Waals surface area contributed by atoms with Crippen LogP contribution in [0.1, 0.15) is 16.6 Å². The predicted octanol–water partition coefficient (Wildman–Crippen LogP) is 4.14. The summed E-state index contributed by atoms with van der Waals surface area (Å²) in [6, 6.07) is 10.2. The van der Waals surface area contributed by atoms with E-state index < -0.39 is 4.92 Å². The van der Waals surface area contributed by atoms with Gasteiger partial charge in [-0.1, -0.05) is 12.1 Å². The molecule has 5 nitrogen and oxygen atoms in total. The van der Waals surface area contributed by atoms with Gasteiger partial charge in [-0.2, -0.15) is 0 Å². The number of rotatable bonds is 3. The van der Waals surface area contributed by atoms with E-state index in [2.05, 4.69) is 0 Å². The third kappa shape index (κ3) is 2.34. The number of hydrogen-bond donors (Lipinski definition) is 0. The fourth-order valence-corrected chi connectivity index (χ4v) is 3.32. The molecule has 0 radical (unpaired) electrons. The maximum absolute atomic E-state index is 11.8. The number of esters is 1. The molecule has 21 heavy (non-hydrogen) atoms. The third-order valence-corrected chi connectivity index (χ3v) is 4.33. The van der Waals surface area contributed by atoms with Gasteiger partial charge in [0.2, 0.25) is 0 Å². The summed E-state index contributed by atoms with van der Waals surface area (Å²) in [6.07, 6.45) is 0. The summed E-state index contributed by atoms with van der Waals surface area (Å²) < 4.78 is 5.94. The maximum atomic E-state index is 11.8. The molecule has 3 rings (SSSR count). The molecular weight excluding hydrogens is 290 g/mol. The number of hydrogen-bond acceptors (Lipinski definition) is 5. The quantitative estimate of drug-likeness (QED) is 0.414. The number of nitro groups is 1. The van der Waals surface area contributed by atoms with E-state index in [-0.39, 0.29) is 11.7 Å². The Bertz CT molecular complexity index is 869. The minimum Gasteiger partial charge on any atom is -0.462 e. The van der Waals surface area contributed by atoms with Crippen molar-refractivity contribution in [2.24, 2.45) is 0 Å². The van der Waals surface area contributed by atoms with Gasteiger partial charge in [-0.25, -0.2) is 4.79 Å². The zero-order valence-corrected chi connectivity index (χ0v) is 12.0. The number of carbonyl (C=O) groups excluding carboxylic acids is 1. The number of non-ortho nitro benzene ring substituents is 1. The Morgan fingerprint density at radius 3 is 2.71 bits per heavy atom. The molecular formula is C15H11NO4S. The zero-order valence-electron chi connectivity index (χ0n) is 11.2. The lowest BCUT2D eigenvalue weighted by molar-refractivity contribution is -0.384. The summed E-state index contributed by atoms with van der Waals surface area (Å²) in [5.41, 5.74) is 0.0593. The molecule has 0 amide bonds. The number of nitrogens with zero attached hydrogens (tertiary/aromatic N) is 1. The summed E-state index contributed by atoms with van der Waals surface area (Å²) in [6.45, 7) is 2.10. The highest BCUT2D eigenvalue weighted by atomic mass is 32.1. The van der Waals surface area contributed by atoms with E-state index in [1.54, 1.807) is 25.1 Å². The minimum absolute atomic E-state index is 0.0593. The van der Waals surface area contributed by atoms with Crippen LogP contribution in [0.15, 0.2) is 36.4 Å². The fraction of sp³-hybridized carbons (Fsp3) is 0.133. The van der Waals surface area contributed by atoms with E-state index in [9.17, 15) is 14.9 Å². The van der Waals surface area contributed by atoms with Gasteiger partial charge in [0.05, 0.1) is 11.5 Å². The van der Waals surface area contributed by atoms with E-state index in [1.807, 2.05) is 12.1 Å². The van der Waals surface area contributed by atoms with Crippen LogP contribution in [0.25, 0.3) is 20.9 Å². The molecule has 106 valence electrons. The van der Waals surface area contributed by atoms with Crippen molar-refractivity contribution in [2.45, 2.75) is 6.92 Å². The van der Waals surface area contributed by atoms with Crippen molar-refractivity contribution in [3.8, 4) is 0 Å². The van der Waals surface area contributed by atoms with Crippen LogP contribution in [-0.4, -0.2) is 17.5 Å². The van der Waals surface area contributed by atoms with Gasteiger partial charge in [0.15, 0.2) is 0 Å². The van der Waals surface area contributed by atoms with Crippen molar-refractivity contribution in [3.05, 3.63) is 51.4 Å². The van der Waals surface area contributed by atoms with Crippen LogP contribution in [-0.2, 0) is 4.74 Å². The second-order valence-corrected chi connectivity index (χ2v) is 5.53. The Morgan fingerprint density at radius 1 is 1.24 bits per heavy atom. The smallest absolute Gasteiger partial charge is 0.348 e. The van der Waals surface area contributed by atoms with Gasteiger partial charge in [0.25, 0.3) is 5.69 Å². The van der Waals surface area contributed by atoms with Gasteiger partial charge in [0.1, 0.15) is 4.88 Å². The van der Waals surface area contributed by atoms with Crippen LogP contribution in [0.5, 0.6) is 0 Å². The first-order chi connectivity index (χ1) is 10.1. The van der Waals surface area contributed by atoms with Gasteiger partial charge in [-0.3, -0.25) is 10.1 Å². The highest BCUT2D eigenvalue weighted by molar-refractivity contribution is 7.21. The summed E-state index contributed by atoms with van der Waals surface area (Å²) >= 11 is 1.34. The summed E-state index contributed by atoms with van der Waals surface area (Å²) in [5, 5.41) is 13.4. The number of ether oxygens (including phenoxy) is 1. The van der Waals surface area contributed by atoms with Crippen LogP contribution < -0.4 is 0 Å². The molecule has 0 fully saturated rings. The molecule has 2 aromatic carbocycles. The monoisotopic (exact) mass is 301 g/mol. The van der Waals surface area contributed by atoms with Gasteiger partial charge in [-0.05, 0) is 29.8 Å². The number of fused-ring (bicyclic) bond motifs is 3. The molecule has 0 spiro atoms. The third-order valence-electron chi connectivity index (χ3n) is 3.17. The second-order valence-electron chi connectivity index (χ2n) is 4.48. The highest BCUT2D eigenvalue weighted by Gasteiger charge is 2.14. The van der Waals surface area contributed by atoms with Gasteiger partial charge in [-0.15, -0.1) is 11.3 Å². The number of thiophene rings is 1. The standard InChI is InChI=1S/C15H11NO4S/c1-2-20-15(17)13-8-10-4-3-9-7-11(16(18)19)5-6-12(9)14(10)21-13/h3-8H,2H2,1H3. The minimum atomic E-state index is -0.415. The Balaban J connectivity index is 2.19. The lowest BCUT2D eigenvalue weighted by Gasteiger charge is -1.99. The van der Waals surface area contributed by atoms with E-state index in [4.69, 9.17) is 4.74 Å². The molecule has 0 unspecified atom stereocenters. The van der Waals surface area contributed by atoms with Crippen molar-refractivity contribution >= 4 is 43.9 Å². The molecule has 0 aliphatic carbocycles. The van der Waals surface area contributed by atoms with E-state index >= 15 is 0 Å². The fourth-order valence-electron chi connectivity index (χ4n) is 2.23. The Morgan fingerprint density at radius 2 is 2.00 bits per heavy atom. The van der Waals surface area contributed by atoms with Crippen LogP contribution in [0.3, 0.4) is 0 Å². The molecule has 0 bridgehead atoms. The Kier molecular flexibility index (Phi) is 3.31. The van der Waals surface area contributed by atoms with E-state index in [0.717, 1.165) is 20.9 Å². The maximum Gasteiger partial charge on any atom is 0.348 e. The average molecular weight is 301 g/mol. The molecule has 1 heterocycles. The lowest BCUT2D eigenvalue weighted by atomic mass is 10.1. The van der Waals surface area contributed by atoms with Crippen LogP contribution in [0, 0.1) is 10.1 Å². The molecule has 0 N–H and O–H groups in total. The second kappa shape index (κ2) is 5.14. The molecule has 0 aliphatic rings. The lowest BCUT2D eigenvalue weighted by Crippen LogP contribution is -2.01. The van der Waals surface area contributed by atoms with Gasteiger partial charge in [0, 0.05) is 22.2 Å². The van der Waals surface area contributed by atoms with Crippen molar-refractivity contribution in [2.75, 3.05) is 6.61 Å². The normalized spacial score (nSPS) is 10.9. The molecule has 6 heteroatoms. The highest BCUT2D eigenvalue weighted by Crippen LogP contribution is 2.34. The first-order valence-corrected chi connectivity index (χ1v) is 7.19. The first-order valence-electron chi connectivity index (χ1n) is 6.38. The van der Waals surface area contributed by atoms with Crippen molar-refractivity contribution in [1.82, 2.24) is 0 Å². The summed E-state index contributed by atoms with van der Waals surface area (Å²) in [5.74, 6) is -0.339. The van der Waals surface area contributed by atoms with Crippen LogP contribution in [0.4, 0.5) is 5.69 Å². The van der Waals surface area contributed by atoms with Crippen molar-refractivity contribution in [3.63, 3.8) is 0 Å². The molecule has 0 atom stereocenters. The van der Waals surface area contributed by atoms with Gasteiger partial charge >= 0.3 is 5.97 Å². The number of nitro benzene ring substituents is 1. The van der Waals surface area contributed by atoms with Crippen LogP contribution in [0.2, 0.25) is 0 Å². The summed E-state index contributed by atoms with van der Waals surface area (Å²) in [4.78, 5) is 22.7. The SMILES string of the molecule is CCOC(=O)c1cc2ccc3cc([N+](=O)[O-])ccc3c2s1. The molecule has 1 aromatic heterocycles.